The van der Waals surface area contributed by atoms with Gasteiger partial charge in [0.25, 0.3) is 0 Å². The van der Waals surface area contributed by atoms with Gasteiger partial charge in [0.15, 0.2) is 0 Å². The van der Waals surface area contributed by atoms with Gasteiger partial charge in [-0.3, -0.25) is 0 Å². The van der Waals surface area contributed by atoms with E-state index in [1.807, 2.05) is 45.3 Å². The van der Waals surface area contributed by atoms with E-state index >= 15 is 0 Å². The van der Waals surface area contributed by atoms with E-state index in [4.69, 9.17) is 0 Å². The fraction of sp³-hybridized carbons (Fsp3) is 0.391. The van der Waals surface area contributed by atoms with Crippen molar-refractivity contribution in [1.29, 1.82) is 0 Å². The molecule has 0 nitrogen and oxygen atoms in total. The van der Waals surface area contributed by atoms with Gasteiger partial charge in [0.05, 0.1) is 0 Å². The zero-order chi connectivity index (χ0) is 90.5. The van der Waals surface area contributed by atoms with Crippen LogP contribution in [-0.2, 0) is 0 Å². The Bertz CT molecular complexity index is 6520. The zero-order valence-electron chi connectivity index (χ0n) is 80.8. The van der Waals surface area contributed by atoms with Gasteiger partial charge < -0.3 is 0 Å². The first kappa shape index (κ1) is 95.2. The molecule has 4 aromatic heterocycles. The third kappa shape index (κ3) is 18.0. The molecule has 15 aromatic rings. The van der Waals surface area contributed by atoms with Crippen LogP contribution in [-0.4, -0.2) is 58.8 Å². The molecular formula is C115H136Ge2S4Si4. The fourth-order valence-electron chi connectivity index (χ4n) is 22.6. The van der Waals surface area contributed by atoms with Crippen LogP contribution in [0.1, 0.15) is 220 Å². The van der Waals surface area contributed by atoms with Gasteiger partial charge in [0, 0.05) is 62.6 Å². The topological polar surface area (TPSA) is 0 Å². The molecule has 125 heavy (non-hydrogen) atoms. The first-order valence-corrected chi connectivity index (χ1v) is 70.3. The van der Waals surface area contributed by atoms with Crippen molar-refractivity contribution in [2.45, 2.75) is 286 Å². The molecule has 0 bridgehead atoms. The van der Waals surface area contributed by atoms with Crippen molar-refractivity contribution < 1.29 is 0 Å². The van der Waals surface area contributed by atoms with Gasteiger partial charge in [-0.1, -0.05) is 147 Å². The van der Waals surface area contributed by atoms with Crippen molar-refractivity contribution in [3.05, 3.63) is 200 Å². The molecule has 0 atom stereocenters. The first-order chi connectivity index (χ1) is 59.3. The molecule has 0 N–H and O–H groups in total. The van der Waals surface area contributed by atoms with Crippen LogP contribution in [0.15, 0.2) is 167 Å². The first-order valence-electron chi connectivity index (χ1n) is 46.8. The van der Waals surface area contributed by atoms with Crippen LogP contribution >= 0.6 is 45.3 Å². The third-order valence-electron chi connectivity index (χ3n) is 29.5. The van der Waals surface area contributed by atoms with Gasteiger partial charge >= 0.3 is 286 Å². The van der Waals surface area contributed by atoms with E-state index < -0.39 is 58.8 Å². The Morgan fingerprint density at radius 3 is 0.656 bits per heavy atom. The quantitative estimate of drug-likeness (QED) is 0.0545. The summed E-state index contributed by atoms with van der Waals surface area (Å²) in [7, 11) is -7.01. The minimum atomic E-state index is -2.62. The summed E-state index contributed by atoms with van der Waals surface area (Å²) in [5, 5.41) is 34.2. The Morgan fingerprint density at radius 1 is 0.248 bits per heavy atom. The summed E-state index contributed by atoms with van der Waals surface area (Å²) in [6.07, 6.45) is 0. The Balaban J connectivity index is 0.000000162. The molecule has 0 aliphatic rings. The zero-order valence-corrected chi connectivity index (χ0v) is 92.3. The van der Waals surface area contributed by atoms with Crippen molar-refractivity contribution >= 4 is 231 Å². The predicted molar refractivity (Wildman–Crippen MR) is 587 cm³/mol. The van der Waals surface area contributed by atoms with Crippen molar-refractivity contribution in [3.8, 4) is 67.2 Å². The summed E-state index contributed by atoms with van der Waals surface area (Å²) in [6, 6.07) is 59.0. The molecule has 0 spiro atoms. The average Bonchev–Trinajstić information content (AvgIpc) is 1.54. The monoisotopic (exact) mass is 1900 g/mol. The Kier molecular flexibility index (Phi) is 29.2. The Morgan fingerprint density at radius 2 is 0.448 bits per heavy atom. The van der Waals surface area contributed by atoms with E-state index in [2.05, 4.69) is 441 Å². The number of fused-ring (bicyclic) bond motifs is 12. The molecule has 11 aromatic carbocycles. The van der Waals surface area contributed by atoms with Gasteiger partial charge in [-0.15, -0.1) is 67.5 Å². The Labute approximate surface area is 777 Å². The van der Waals surface area contributed by atoms with E-state index in [1.165, 1.54) is 178 Å². The maximum atomic E-state index is 4.16. The van der Waals surface area contributed by atoms with Crippen LogP contribution in [0.2, 0.25) is 99.5 Å². The summed E-state index contributed by atoms with van der Waals surface area (Å²) in [5.74, 6) is 23.4. The number of thiophene rings is 4. The van der Waals surface area contributed by atoms with Crippen molar-refractivity contribution in [1.82, 2.24) is 0 Å². The Hall–Kier alpha value is -7.35. The predicted octanol–water partition coefficient (Wildman–Crippen LogP) is 37.1. The van der Waals surface area contributed by atoms with E-state index in [9.17, 15) is 0 Å². The summed E-state index contributed by atoms with van der Waals surface area (Å²) in [5.41, 5.74) is 26.5. The number of benzene rings is 11. The molecule has 4 heterocycles. The second-order valence-corrected chi connectivity index (χ2v) is 88.9. The van der Waals surface area contributed by atoms with E-state index in [1.54, 1.807) is 0 Å². The van der Waals surface area contributed by atoms with Crippen LogP contribution in [0.3, 0.4) is 0 Å². The normalized spacial score (nSPS) is 12.7. The molecule has 0 saturated carbocycles. The summed E-state index contributed by atoms with van der Waals surface area (Å²) >= 11 is 2.04. The molecule has 0 aliphatic carbocycles. The molecule has 10 heteroatoms. The summed E-state index contributed by atoms with van der Waals surface area (Å²) in [6.45, 7) is 72.0. The molecule has 0 unspecified atom stereocenters. The van der Waals surface area contributed by atoms with Crippen LogP contribution < -0.4 is 0 Å². The number of hydrogen-bond donors (Lipinski definition) is 0. The van der Waals surface area contributed by atoms with Crippen molar-refractivity contribution in [2.24, 2.45) is 0 Å². The van der Waals surface area contributed by atoms with E-state index in [-0.39, 0.29) is 0 Å². The molecule has 0 saturated heterocycles. The molecule has 15 rings (SSSR count). The fourth-order valence-corrected chi connectivity index (χ4v) is 61.0. The molecular weight excluding hydrogens is 1770 g/mol. The summed E-state index contributed by atoms with van der Waals surface area (Å²) < 4.78 is 17.4. The molecule has 0 amide bonds. The van der Waals surface area contributed by atoms with Crippen LogP contribution in [0.4, 0.5) is 0 Å². The maximum absolute atomic E-state index is 4.16. The van der Waals surface area contributed by atoms with Gasteiger partial charge in [0.2, 0.25) is 0 Å². The third-order valence-corrected chi connectivity index (χ3v) is 77.6. The van der Waals surface area contributed by atoms with Crippen molar-refractivity contribution in [2.75, 3.05) is 0 Å². The van der Waals surface area contributed by atoms with Crippen LogP contribution in [0.25, 0.3) is 127 Å². The van der Waals surface area contributed by atoms with Crippen molar-refractivity contribution in [3.63, 3.8) is 0 Å². The molecule has 0 radical (unpaired) electrons. The second-order valence-electron chi connectivity index (χ2n) is 40.8. The SMILES string of the molecule is CC(C)[Si](C#Cc1c2cc3ccsc3cc2c(C#C[Si](C)(C)C)c2cc3ccsc3cc12)(C(C)C)C(C)C.CC[Si](C#Cc1c2cc3ccsc3cc2c(C#C[Si](C(C)C)(C(C)C)C(C)C)c2cc3ccsc3cc12)(CC)CC.C[CH](C)[Ge]([C]#Cc1c2cc3ccccc3cc2c(C#[C][Ge]([CH](C)C)([CH](C)C)[CH](C)C)c2cc3ccccc3cc12)([CH](C)C)[CH](C)C. The van der Waals surface area contributed by atoms with Gasteiger partial charge in [-0.25, -0.2) is 0 Å². The average molecular weight is 1900 g/mol. The molecule has 0 aliphatic heterocycles. The number of rotatable bonds is 15. The second kappa shape index (κ2) is 38.4. The molecule has 0 fully saturated rings. The van der Waals surface area contributed by atoms with E-state index in [0.29, 0.717) is 61.7 Å². The van der Waals surface area contributed by atoms with E-state index in [0.717, 1.165) is 0 Å². The van der Waals surface area contributed by atoms with Gasteiger partial charge in [0.1, 0.15) is 32.3 Å². The van der Waals surface area contributed by atoms with Gasteiger partial charge in [-0.2, -0.15) is 0 Å². The summed E-state index contributed by atoms with van der Waals surface area (Å²) in [4.78, 5) is 0. The van der Waals surface area contributed by atoms with Crippen LogP contribution in [0.5, 0.6) is 0 Å². The number of hydrogen-bond acceptors (Lipinski definition) is 4. The van der Waals surface area contributed by atoms with Gasteiger partial charge in [-0.05, 0) is 189 Å². The minimum absolute atomic E-state index is 0.598. The standard InChI is InChI=1S/C44H54Ge2.C37H44S2Si2.C34H38S2Si2/c1-29(2)45(30(3)4,31(5)6)23-21-39-41-25-35-17-13-15-19-37(35)27-43(41)40(22-24-46(32(7)8,33(9)10)34(11)12)44-28-38-20-16-14-18-36(38)26-42(39)44;1-10-40(11-2,12-3)19-15-30-32-21-28-13-17-39-37(28)24-35(32)31(16-20-41(25(4)5,26(6)7)27(8)9)33-22-29-14-18-38-36(29)23-34(30)33;1-22(2)38(23(3)4,24(5)6)17-13-28-30-19-26-11-15-35-33(26)20-31(30)27(12-16-37(7,8)9)29-18-25-10-14-36-34(25)21-32(28)29/h13-20,25-34H,1-12H3;13-14,17-18,21-27H,10-12H2,1-9H3;10-11,14-15,18-24H,1-9H3. The molecule has 644 valence electrons. The van der Waals surface area contributed by atoms with Crippen LogP contribution in [0, 0.1) is 67.2 Å².